The highest BCUT2D eigenvalue weighted by atomic mass is 35.5. The lowest BCUT2D eigenvalue weighted by atomic mass is 9.70. The van der Waals surface area contributed by atoms with Crippen LogP contribution in [0.1, 0.15) is 45.2 Å². The summed E-state index contributed by atoms with van der Waals surface area (Å²) >= 11 is 7.31. The van der Waals surface area contributed by atoms with Gasteiger partial charge in [-0.3, -0.25) is 9.59 Å². The summed E-state index contributed by atoms with van der Waals surface area (Å²) in [6.45, 7) is 1.66. The van der Waals surface area contributed by atoms with E-state index in [1.165, 1.54) is 11.3 Å². The van der Waals surface area contributed by atoms with E-state index in [1.807, 2.05) is 0 Å². The van der Waals surface area contributed by atoms with Crippen LogP contribution in [0.3, 0.4) is 0 Å². The molecule has 166 valence electrons. The van der Waals surface area contributed by atoms with Gasteiger partial charge in [0.25, 0.3) is 5.91 Å². The number of carbonyl (C=O) groups excluding carboxylic acids is 2. The van der Waals surface area contributed by atoms with Gasteiger partial charge in [0.15, 0.2) is 5.78 Å². The number of nitrogens with two attached hydrogens (primary N) is 3. The zero-order valence-corrected chi connectivity index (χ0v) is 18.9. The number of rotatable bonds is 3. The number of nitrogen functional groups attached to an aromatic ring is 1. The van der Waals surface area contributed by atoms with E-state index in [1.54, 1.807) is 36.4 Å². The minimum absolute atomic E-state index is 0.0312. The first kappa shape index (κ1) is 21.4. The number of piperidine rings is 1. The molecule has 32 heavy (non-hydrogen) atoms. The van der Waals surface area contributed by atoms with E-state index in [-0.39, 0.29) is 17.7 Å². The summed E-state index contributed by atoms with van der Waals surface area (Å²) in [5.41, 5.74) is 20.3. The molecule has 3 atom stereocenters. The molecular formula is C23H24ClN5O2S. The molecule has 1 fully saturated rings. The maximum atomic E-state index is 13.6. The van der Waals surface area contributed by atoms with Crippen molar-refractivity contribution in [3.05, 3.63) is 63.0 Å². The quantitative estimate of drug-likeness (QED) is 0.373. The van der Waals surface area contributed by atoms with Crippen molar-refractivity contribution in [2.45, 2.75) is 30.5 Å². The molecule has 1 saturated heterocycles. The van der Waals surface area contributed by atoms with Crippen molar-refractivity contribution in [1.29, 1.82) is 0 Å². The van der Waals surface area contributed by atoms with E-state index >= 15 is 0 Å². The van der Waals surface area contributed by atoms with Gasteiger partial charge in [0.1, 0.15) is 5.54 Å². The average molecular weight is 470 g/mol. The van der Waals surface area contributed by atoms with Crippen LogP contribution in [0.25, 0.3) is 10.1 Å². The standard InChI is InChI=1S/C23H24ClN5O2S/c24-12-5-3-11(4-6-12)23(27)14-7-8-15(25)19-16(14)17(18(26)21(23)30)20(32-19)22(31)29-13-2-1-9-28-10-13/h3-8,13,18,28H,1-2,9-10,25-27H2,(H,29,31). The Morgan fingerprint density at radius 2 is 1.97 bits per heavy atom. The van der Waals surface area contributed by atoms with E-state index in [4.69, 9.17) is 28.8 Å². The molecule has 1 aromatic heterocycles. The Balaban J connectivity index is 1.69. The van der Waals surface area contributed by atoms with E-state index in [0.29, 0.717) is 44.2 Å². The van der Waals surface area contributed by atoms with Crippen molar-refractivity contribution in [3.8, 4) is 0 Å². The van der Waals surface area contributed by atoms with Gasteiger partial charge >= 0.3 is 0 Å². The van der Waals surface area contributed by atoms with E-state index in [2.05, 4.69) is 10.6 Å². The fourth-order valence-corrected chi connectivity index (χ4v) is 6.11. The molecule has 2 aliphatic rings. The lowest BCUT2D eigenvalue weighted by molar-refractivity contribution is -0.124. The monoisotopic (exact) mass is 469 g/mol. The number of thiophene rings is 1. The number of benzene rings is 2. The number of Topliss-reactive ketones (excluding diaryl/α,β-unsaturated/α-hetero) is 1. The van der Waals surface area contributed by atoms with Crippen LogP contribution in [0, 0.1) is 0 Å². The van der Waals surface area contributed by atoms with E-state index in [9.17, 15) is 9.59 Å². The van der Waals surface area contributed by atoms with Gasteiger partial charge < -0.3 is 27.8 Å². The molecule has 0 radical (unpaired) electrons. The number of halogens is 1. The second-order valence-electron chi connectivity index (χ2n) is 8.42. The summed E-state index contributed by atoms with van der Waals surface area (Å²) in [5.74, 6) is -0.607. The number of hydrogen-bond donors (Lipinski definition) is 5. The van der Waals surface area contributed by atoms with Crippen molar-refractivity contribution in [2.75, 3.05) is 18.8 Å². The van der Waals surface area contributed by atoms with Crippen LogP contribution in [0.4, 0.5) is 5.69 Å². The maximum absolute atomic E-state index is 13.6. The molecule has 1 aliphatic carbocycles. The Morgan fingerprint density at radius 3 is 2.66 bits per heavy atom. The summed E-state index contributed by atoms with van der Waals surface area (Å²) < 4.78 is 0.719. The van der Waals surface area contributed by atoms with Crippen LogP contribution >= 0.6 is 22.9 Å². The molecule has 0 bridgehead atoms. The fraction of sp³-hybridized carbons (Fsp3) is 0.304. The first-order valence-corrected chi connectivity index (χ1v) is 11.7. The number of anilines is 1. The molecule has 0 saturated carbocycles. The smallest absolute Gasteiger partial charge is 0.262 e. The SMILES string of the molecule is Nc1ccc2c3c(c(C(=O)NC4CCCNC4)sc13)C(N)C(=O)C2(N)c1ccc(Cl)cc1. The second-order valence-corrected chi connectivity index (χ2v) is 9.88. The Morgan fingerprint density at radius 1 is 1.22 bits per heavy atom. The molecule has 2 heterocycles. The van der Waals surface area contributed by atoms with Crippen LogP contribution < -0.4 is 27.8 Å². The molecule has 9 heteroatoms. The van der Waals surface area contributed by atoms with Gasteiger partial charge in [0.2, 0.25) is 0 Å². The van der Waals surface area contributed by atoms with Crippen LogP contribution in [0.5, 0.6) is 0 Å². The average Bonchev–Trinajstić information content (AvgIpc) is 3.20. The lowest BCUT2D eigenvalue weighted by Crippen LogP contribution is -2.52. The molecule has 8 N–H and O–H groups in total. The van der Waals surface area contributed by atoms with Crippen LogP contribution in [0.2, 0.25) is 5.02 Å². The molecule has 1 aliphatic heterocycles. The molecule has 1 amide bonds. The molecule has 3 aromatic rings. The molecule has 0 spiro atoms. The summed E-state index contributed by atoms with van der Waals surface area (Å²) in [7, 11) is 0. The van der Waals surface area contributed by atoms with Crippen molar-refractivity contribution in [2.24, 2.45) is 11.5 Å². The number of ketones is 1. The van der Waals surface area contributed by atoms with Gasteiger partial charge in [-0.2, -0.15) is 0 Å². The maximum Gasteiger partial charge on any atom is 0.262 e. The lowest BCUT2D eigenvalue weighted by Gasteiger charge is -2.36. The van der Waals surface area contributed by atoms with Gasteiger partial charge in [-0.1, -0.05) is 29.8 Å². The minimum Gasteiger partial charge on any atom is -0.398 e. The van der Waals surface area contributed by atoms with Crippen molar-refractivity contribution in [3.63, 3.8) is 0 Å². The Bertz CT molecular complexity index is 1240. The van der Waals surface area contributed by atoms with Crippen LogP contribution in [0.15, 0.2) is 36.4 Å². The first-order valence-electron chi connectivity index (χ1n) is 10.5. The predicted octanol–water partition coefficient (Wildman–Crippen LogP) is 2.40. The van der Waals surface area contributed by atoms with Crippen molar-refractivity contribution < 1.29 is 9.59 Å². The fourth-order valence-electron chi connectivity index (χ4n) is 4.79. The number of carbonyl (C=O) groups is 2. The van der Waals surface area contributed by atoms with Gasteiger partial charge in [-0.15, -0.1) is 11.3 Å². The topological polar surface area (TPSA) is 136 Å². The van der Waals surface area contributed by atoms with E-state index < -0.39 is 11.6 Å². The number of nitrogens with one attached hydrogen (secondary N) is 2. The normalized spacial score (nSPS) is 25.2. The molecule has 7 nitrogen and oxygen atoms in total. The highest BCUT2D eigenvalue weighted by molar-refractivity contribution is 7.21. The largest absolute Gasteiger partial charge is 0.398 e. The summed E-state index contributed by atoms with van der Waals surface area (Å²) in [6.07, 6.45) is 1.90. The second kappa shape index (κ2) is 7.83. The third-order valence-corrected chi connectivity index (χ3v) is 7.96. The summed E-state index contributed by atoms with van der Waals surface area (Å²) in [6, 6.07) is 9.32. The number of amides is 1. The van der Waals surface area contributed by atoms with Crippen LogP contribution in [-0.4, -0.2) is 30.8 Å². The predicted molar refractivity (Wildman–Crippen MR) is 128 cm³/mol. The minimum atomic E-state index is -1.47. The van der Waals surface area contributed by atoms with Crippen LogP contribution in [-0.2, 0) is 10.3 Å². The highest BCUT2D eigenvalue weighted by Crippen LogP contribution is 2.49. The zero-order valence-electron chi connectivity index (χ0n) is 17.3. The Hall–Kier alpha value is -2.49. The van der Waals surface area contributed by atoms with Crippen molar-refractivity contribution in [1.82, 2.24) is 10.6 Å². The highest BCUT2D eigenvalue weighted by Gasteiger charge is 2.48. The number of hydrogen-bond acceptors (Lipinski definition) is 7. The first-order chi connectivity index (χ1) is 15.3. The third-order valence-electron chi connectivity index (χ3n) is 6.45. The Kier molecular flexibility index (Phi) is 5.22. The molecule has 2 aromatic carbocycles. The molecule has 3 unspecified atom stereocenters. The van der Waals surface area contributed by atoms with Crippen molar-refractivity contribution >= 4 is 50.4 Å². The van der Waals surface area contributed by atoms with Gasteiger partial charge in [0, 0.05) is 34.2 Å². The van der Waals surface area contributed by atoms with Gasteiger partial charge in [0.05, 0.1) is 15.6 Å². The Labute approximate surface area is 194 Å². The van der Waals surface area contributed by atoms with E-state index in [0.717, 1.165) is 24.1 Å². The molecule has 5 rings (SSSR count). The summed E-state index contributed by atoms with van der Waals surface area (Å²) in [4.78, 5) is 27.3. The third kappa shape index (κ3) is 3.14. The summed E-state index contributed by atoms with van der Waals surface area (Å²) in [5, 5.41) is 7.61. The van der Waals surface area contributed by atoms with Gasteiger partial charge in [-0.05, 0) is 48.7 Å². The van der Waals surface area contributed by atoms with Gasteiger partial charge in [-0.25, -0.2) is 0 Å². The zero-order chi connectivity index (χ0) is 22.6. The molecular weight excluding hydrogens is 446 g/mol.